The van der Waals surface area contributed by atoms with E-state index in [1.54, 1.807) is 0 Å². The van der Waals surface area contributed by atoms with Crippen LogP contribution in [0, 0.1) is 0 Å². The van der Waals surface area contributed by atoms with Crippen molar-refractivity contribution in [3.63, 3.8) is 0 Å². The molecule has 1 unspecified atom stereocenters. The van der Waals surface area contributed by atoms with Gasteiger partial charge in [-0.3, -0.25) is 4.79 Å². The molecule has 2 N–H and O–H groups in total. The number of rotatable bonds is 1. The van der Waals surface area contributed by atoms with Crippen molar-refractivity contribution in [1.29, 1.82) is 0 Å². The standard InChI is InChI=1S/C3H5NO.AsH3/c1-2-3(4)5;/h2H,1H2,(H2,4,5);1H3. The zero-order valence-corrected chi connectivity index (χ0v) is 6.44. The second-order valence-corrected chi connectivity index (χ2v) is 0.606. The van der Waals surface area contributed by atoms with E-state index in [4.69, 9.17) is 0 Å². The molecule has 0 spiro atoms. The van der Waals surface area contributed by atoms with Gasteiger partial charge in [-0.05, 0) is 6.08 Å². The third kappa shape index (κ3) is 9.24. The maximum absolute atomic E-state index is 9.47. The fraction of sp³-hybridized carbons (Fsp3) is 0. The molecule has 0 radical (unpaired) electrons. The van der Waals surface area contributed by atoms with Gasteiger partial charge in [0.2, 0.25) is 5.91 Å². The monoisotopic (exact) mass is 149 g/mol. The molecule has 1 atom stereocenters. The van der Waals surface area contributed by atoms with Crippen LogP contribution in [0.4, 0.5) is 0 Å². The van der Waals surface area contributed by atoms with Gasteiger partial charge in [-0.2, -0.15) is 0 Å². The molecular weight excluding hydrogens is 141 g/mol. The molecule has 0 fully saturated rings. The average Bonchev–Trinajstić information content (AvgIpc) is 1.38. The van der Waals surface area contributed by atoms with Crippen LogP contribution in [-0.4, -0.2) is 23.9 Å². The molecule has 3 heteroatoms. The molecule has 0 aromatic heterocycles. The molecule has 36 valence electrons. The minimum atomic E-state index is -0.481. The van der Waals surface area contributed by atoms with Gasteiger partial charge in [0, 0.05) is 0 Å². The molecule has 0 heterocycles. The van der Waals surface area contributed by atoms with Crippen LogP contribution >= 0.6 is 0 Å². The SMILES string of the molecule is C=CC(N)=O.[AsH3]. The molecule has 0 aromatic rings. The summed E-state index contributed by atoms with van der Waals surface area (Å²) in [5.41, 5.74) is 4.53. The van der Waals surface area contributed by atoms with Gasteiger partial charge in [-0.15, -0.1) is 0 Å². The molecule has 1 amide bonds. The van der Waals surface area contributed by atoms with Crippen LogP contribution in [0.25, 0.3) is 0 Å². The van der Waals surface area contributed by atoms with Gasteiger partial charge < -0.3 is 5.73 Å². The van der Waals surface area contributed by atoms with Gasteiger partial charge >= 0.3 is 18.0 Å². The number of carbonyl (C=O) groups excluding carboxylic acids is 1. The summed E-state index contributed by atoms with van der Waals surface area (Å²) in [7, 11) is 0. The molecule has 0 aliphatic rings. The van der Waals surface area contributed by atoms with Gasteiger partial charge in [-0.25, -0.2) is 0 Å². The van der Waals surface area contributed by atoms with Crippen molar-refractivity contribution < 1.29 is 4.79 Å². The molecule has 0 saturated carbocycles. The molecule has 0 aliphatic carbocycles. The predicted octanol–water partition coefficient (Wildman–Crippen LogP) is -1.53. The summed E-state index contributed by atoms with van der Waals surface area (Å²) >= 11 is 0. The van der Waals surface area contributed by atoms with Crippen LogP contribution in [0.1, 0.15) is 0 Å². The minimum absolute atomic E-state index is 0. The van der Waals surface area contributed by atoms with Gasteiger partial charge in [0.25, 0.3) is 0 Å². The Balaban J connectivity index is 0. The Bertz CT molecular complexity index is 61.8. The van der Waals surface area contributed by atoms with Gasteiger partial charge in [-0.1, -0.05) is 6.58 Å². The van der Waals surface area contributed by atoms with E-state index in [-0.39, 0.29) is 18.0 Å². The zero-order valence-electron chi connectivity index (χ0n) is 3.48. The first-order chi connectivity index (χ1) is 2.27. The van der Waals surface area contributed by atoms with E-state index in [1.165, 1.54) is 0 Å². The fourth-order valence-corrected chi connectivity index (χ4v) is 0. The van der Waals surface area contributed by atoms with E-state index < -0.39 is 5.91 Å². The predicted molar refractivity (Wildman–Crippen MR) is 29.3 cm³/mol. The second kappa shape index (κ2) is 4.77. The van der Waals surface area contributed by atoms with Gasteiger partial charge in [0.1, 0.15) is 0 Å². The van der Waals surface area contributed by atoms with Crippen LogP contribution in [0.5, 0.6) is 0 Å². The summed E-state index contributed by atoms with van der Waals surface area (Å²) in [6.07, 6.45) is 1.06. The van der Waals surface area contributed by atoms with Crippen LogP contribution in [0.2, 0.25) is 0 Å². The molecule has 0 aromatic carbocycles. The van der Waals surface area contributed by atoms with E-state index in [0.29, 0.717) is 0 Å². The first-order valence-electron chi connectivity index (χ1n) is 1.19. The van der Waals surface area contributed by atoms with Crippen molar-refractivity contribution in [2.45, 2.75) is 0 Å². The molecule has 0 saturated heterocycles. The third-order valence-electron chi connectivity index (χ3n) is 0.201. The third-order valence-corrected chi connectivity index (χ3v) is 0.201. The summed E-state index contributed by atoms with van der Waals surface area (Å²) < 4.78 is 0. The Morgan fingerprint density at radius 2 is 2.00 bits per heavy atom. The first-order valence-corrected chi connectivity index (χ1v) is 1.19. The van der Waals surface area contributed by atoms with Crippen LogP contribution in [-0.2, 0) is 4.79 Å². The maximum atomic E-state index is 9.47. The van der Waals surface area contributed by atoms with Crippen molar-refractivity contribution in [2.75, 3.05) is 0 Å². The average molecular weight is 149 g/mol. The topological polar surface area (TPSA) is 43.1 Å². The Hall–Kier alpha value is -0.232. The fourth-order valence-electron chi connectivity index (χ4n) is 0. The van der Waals surface area contributed by atoms with E-state index in [0.717, 1.165) is 6.08 Å². The normalized spacial score (nSPS) is 5.33. The van der Waals surface area contributed by atoms with Crippen molar-refractivity contribution in [1.82, 2.24) is 0 Å². The summed E-state index contributed by atoms with van der Waals surface area (Å²) in [5, 5.41) is 0. The van der Waals surface area contributed by atoms with Crippen molar-refractivity contribution in [3.8, 4) is 0 Å². The van der Waals surface area contributed by atoms with Crippen LogP contribution < -0.4 is 5.73 Å². The van der Waals surface area contributed by atoms with Crippen LogP contribution in [0.3, 0.4) is 0 Å². The quantitative estimate of drug-likeness (QED) is 0.357. The molecule has 0 aliphatic heterocycles. The number of hydrogen-bond acceptors (Lipinski definition) is 1. The van der Waals surface area contributed by atoms with E-state index in [2.05, 4.69) is 12.3 Å². The zero-order chi connectivity index (χ0) is 4.28. The Labute approximate surface area is 47.7 Å². The number of hydrogen-bond donors (Lipinski definition) is 1. The summed E-state index contributed by atoms with van der Waals surface area (Å²) in [5.74, 6) is -0.481. The van der Waals surface area contributed by atoms with Crippen LogP contribution in [0.15, 0.2) is 12.7 Å². The van der Waals surface area contributed by atoms with E-state index in [1.807, 2.05) is 0 Å². The molecule has 0 rings (SSSR count). The number of nitrogens with two attached hydrogens (primary N) is 1. The van der Waals surface area contributed by atoms with Gasteiger partial charge in [0.15, 0.2) is 0 Å². The van der Waals surface area contributed by atoms with Crippen molar-refractivity contribution >= 4 is 23.9 Å². The van der Waals surface area contributed by atoms with E-state index >= 15 is 0 Å². The van der Waals surface area contributed by atoms with E-state index in [9.17, 15) is 4.79 Å². The Kier molecular flexibility index (Phi) is 7.34. The molecular formula is C3H8AsNO. The first kappa shape index (κ1) is 9.24. The number of amides is 1. The Morgan fingerprint density at radius 3 is 2.00 bits per heavy atom. The van der Waals surface area contributed by atoms with Gasteiger partial charge in [0.05, 0.1) is 0 Å². The van der Waals surface area contributed by atoms with Crippen molar-refractivity contribution in [2.24, 2.45) is 5.73 Å². The number of primary amides is 1. The molecule has 0 bridgehead atoms. The van der Waals surface area contributed by atoms with Crippen molar-refractivity contribution in [3.05, 3.63) is 12.7 Å². The summed E-state index contributed by atoms with van der Waals surface area (Å²) in [6.45, 7) is 3.09. The molecule has 6 heavy (non-hydrogen) atoms. The Morgan fingerprint density at radius 1 is 1.83 bits per heavy atom. The summed E-state index contributed by atoms with van der Waals surface area (Å²) in [4.78, 5) is 9.47. The molecule has 2 nitrogen and oxygen atoms in total. The summed E-state index contributed by atoms with van der Waals surface area (Å²) in [6, 6.07) is 0. The number of carbonyl (C=O) groups is 1. The second-order valence-electron chi connectivity index (χ2n) is 0.606.